The number of likely N-dealkylation sites (tertiary alicyclic amines) is 1. The lowest BCUT2D eigenvalue weighted by atomic mass is 9.85. The Morgan fingerprint density at radius 3 is 2.20 bits per heavy atom. The molecule has 1 aliphatic heterocycles. The fraction of sp³-hybridized carbons (Fsp3) is 0.568. The number of thiazole rings is 1. The fourth-order valence-corrected chi connectivity index (χ4v) is 7.66. The predicted octanol–water partition coefficient (Wildman–Crippen LogP) is 5.63. The summed E-state index contributed by atoms with van der Waals surface area (Å²) < 4.78 is 22.6. The predicted molar refractivity (Wildman–Crippen MR) is 225 cm³/mol. The van der Waals surface area contributed by atoms with Crippen molar-refractivity contribution >= 4 is 35.2 Å². The highest BCUT2D eigenvalue weighted by molar-refractivity contribution is 7.13. The minimum atomic E-state index is -0.943. The third-order valence-electron chi connectivity index (χ3n) is 10.1. The van der Waals surface area contributed by atoms with Crippen LogP contribution in [-0.2, 0) is 40.7 Å². The van der Waals surface area contributed by atoms with Crippen molar-refractivity contribution in [3.63, 3.8) is 0 Å². The van der Waals surface area contributed by atoms with E-state index in [9.17, 15) is 24.3 Å². The molecule has 15 heteroatoms. The molecule has 3 atom stereocenters. The summed E-state index contributed by atoms with van der Waals surface area (Å²) in [5.74, 6) is -0.504. The summed E-state index contributed by atoms with van der Waals surface area (Å²) in [4.78, 5) is 59.3. The van der Waals surface area contributed by atoms with Gasteiger partial charge in [0.1, 0.15) is 30.0 Å². The van der Waals surface area contributed by atoms with Gasteiger partial charge in [0.25, 0.3) is 0 Å². The summed E-state index contributed by atoms with van der Waals surface area (Å²) in [6.07, 6.45) is 1.83. The maximum Gasteiger partial charge on any atom is 0.408 e. The van der Waals surface area contributed by atoms with Gasteiger partial charge in [-0.1, -0.05) is 57.2 Å². The van der Waals surface area contributed by atoms with Gasteiger partial charge in [-0.3, -0.25) is 14.4 Å². The van der Waals surface area contributed by atoms with E-state index in [1.54, 1.807) is 11.3 Å². The molecule has 2 heterocycles. The van der Waals surface area contributed by atoms with Crippen LogP contribution in [0.1, 0.15) is 90.5 Å². The second-order valence-corrected chi connectivity index (χ2v) is 18.3. The minimum Gasteiger partial charge on any atom is -0.494 e. The standard InChI is InChI=1S/C44H61N5O9S/c1-29-37(59-28-46-29)31-12-10-30(11-13-31)25-45-39(52)35-24-33(50)26-49(35)40(53)38(42(2,3)4)47-36(51)27-56-22-8-20-55-21-9-23-57-34-16-14-32(15-17-34)44(18-19-44)48-41(54)58-43(5,6)7/h10-17,28,33,35,38,50H,8-9,18-27H2,1-7H3,(H,45,52)(H,47,51)(H,48,54)/t33-,35+,38-/m1/s1. The first-order chi connectivity index (χ1) is 27.9. The number of nitrogens with zero attached hydrogens (tertiary/aromatic N) is 2. The number of nitrogens with one attached hydrogen (secondary N) is 3. The third-order valence-corrected chi connectivity index (χ3v) is 11.1. The monoisotopic (exact) mass is 835 g/mol. The molecule has 2 aromatic carbocycles. The van der Waals surface area contributed by atoms with E-state index in [0.29, 0.717) is 39.3 Å². The Balaban J connectivity index is 0.963. The summed E-state index contributed by atoms with van der Waals surface area (Å²) in [6.45, 7) is 14.8. The number of benzene rings is 2. The second kappa shape index (κ2) is 20.1. The van der Waals surface area contributed by atoms with Crippen LogP contribution in [0.4, 0.5) is 4.79 Å². The zero-order valence-corrected chi connectivity index (χ0v) is 36.2. The van der Waals surface area contributed by atoms with Crippen LogP contribution in [0.2, 0.25) is 0 Å². The van der Waals surface area contributed by atoms with E-state index < -0.39 is 47.1 Å². The number of hydrogen-bond donors (Lipinski definition) is 4. The van der Waals surface area contributed by atoms with Crippen molar-refractivity contribution < 1.29 is 43.2 Å². The van der Waals surface area contributed by atoms with Gasteiger partial charge in [-0.15, -0.1) is 11.3 Å². The molecule has 322 valence electrons. The number of rotatable bonds is 19. The summed E-state index contributed by atoms with van der Waals surface area (Å²) in [6, 6.07) is 13.8. The molecule has 2 aliphatic rings. The van der Waals surface area contributed by atoms with Gasteiger partial charge >= 0.3 is 6.09 Å². The number of alkyl carbamates (subject to hydrolysis) is 1. The lowest BCUT2D eigenvalue weighted by molar-refractivity contribution is -0.144. The van der Waals surface area contributed by atoms with Crippen molar-refractivity contribution in [1.29, 1.82) is 0 Å². The van der Waals surface area contributed by atoms with Crippen LogP contribution in [-0.4, -0.2) is 102 Å². The van der Waals surface area contributed by atoms with Crippen LogP contribution >= 0.6 is 11.3 Å². The quantitative estimate of drug-likeness (QED) is 0.111. The highest BCUT2D eigenvalue weighted by Gasteiger charge is 2.47. The van der Waals surface area contributed by atoms with Gasteiger partial charge in [0, 0.05) is 45.8 Å². The molecule has 1 aromatic heterocycles. The first-order valence-corrected chi connectivity index (χ1v) is 21.3. The largest absolute Gasteiger partial charge is 0.494 e. The summed E-state index contributed by atoms with van der Waals surface area (Å²) in [5, 5.41) is 19.3. The van der Waals surface area contributed by atoms with Crippen LogP contribution < -0.4 is 20.7 Å². The number of β-amino-alcohol motifs (C(OH)–C–C–N with tert-alkyl or cyclic N) is 1. The lowest BCUT2D eigenvalue weighted by Crippen LogP contribution is -2.58. The maximum absolute atomic E-state index is 13.9. The Hall–Kier alpha value is -4.57. The van der Waals surface area contributed by atoms with E-state index in [2.05, 4.69) is 20.9 Å². The molecule has 1 saturated carbocycles. The maximum atomic E-state index is 13.9. The average Bonchev–Trinajstić information content (AvgIpc) is 3.63. The van der Waals surface area contributed by atoms with Crippen molar-refractivity contribution in [2.24, 2.45) is 5.41 Å². The number of carbonyl (C=O) groups is 4. The van der Waals surface area contributed by atoms with Gasteiger partial charge in [-0.05, 0) is 81.2 Å². The van der Waals surface area contributed by atoms with Gasteiger partial charge in [-0.25, -0.2) is 9.78 Å². The molecule has 4 N–H and O–H groups in total. The Labute approximate surface area is 351 Å². The number of ether oxygens (including phenoxy) is 4. The van der Waals surface area contributed by atoms with E-state index in [0.717, 1.165) is 45.9 Å². The van der Waals surface area contributed by atoms with Gasteiger partial charge in [0.05, 0.1) is 34.3 Å². The zero-order valence-electron chi connectivity index (χ0n) is 35.4. The van der Waals surface area contributed by atoms with Gasteiger partial charge in [0.2, 0.25) is 17.7 Å². The first kappa shape index (κ1) is 45.5. The van der Waals surface area contributed by atoms with Crippen molar-refractivity contribution in [3.05, 3.63) is 70.9 Å². The molecule has 3 aromatic rings. The molecule has 0 unspecified atom stereocenters. The lowest BCUT2D eigenvalue weighted by Gasteiger charge is -2.35. The van der Waals surface area contributed by atoms with Crippen LogP contribution in [0.5, 0.6) is 5.75 Å². The molecule has 14 nitrogen and oxygen atoms in total. The second-order valence-electron chi connectivity index (χ2n) is 17.4. The van der Waals surface area contributed by atoms with Gasteiger partial charge in [-0.2, -0.15) is 0 Å². The summed E-state index contributed by atoms with van der Waals surface area (Å²) >= 11 is 1.57. The molecule has 1 saturated heterocycles. The van der Waals surface area contributed by atoms with Crippen LogP contribution in [0, 0.1) is 12.3 Å². The number of amides is 4. The molecule has 0 bridgehead atoms. The van der Waals surface area contributed by atoms with Gasteiger partial charge < -0.3 is 44.9 Å². The van der Waals surface area contributed by atoms with E-state index >= 15 is 0 Å². The highest BCUT2D eigenvalue weighted by Crippen LogP contribution is 2.46. The average molecular weight is 836 g/mol. The number of aliphatic hydroxyl groups is 1. The van der Waals surface area contributed by atoms with Crippen LogP contribution in [0.15, 0.2) is 54.0 Å². The van der Waals surface area contributed by atoms with Crippen molar-refractivity contribution in [3.8, 4) is 16.2 Å². The molecule has 5 rings (SSSR count). The SMILES string of the molecule is Cc1ncsc1-c1ccc(CNC(=O)[C@@H]2C[C@@H](O)CN2C(=O)[C@@H](NC(=O)COCCCOCCCOc2ccc(C3(NC(=O)OC(C)(C)C)CC3)cc2)C(C)(C)C)cc1. The third kappa shape index (κ3) is 13.5. The molecule has 0 radical (unpaired) electrons. The molecule has 1 aliphatic carbocycles. The number of aryl methyl sites for hydroxylation is 1. The molecular formula is C44H61N5O9S. The van der Waals surface area contributed by atoms with E-state index in [4.69, 9.17) is 18.9 Å². The molecule has 4 amide bonds. The number of carbonyl (C=O) groups excluding carboxylic acids is 4. The van der Waals surface area contributed by atoms with Crippen LogP contribution in [0.25, 0.3) is 10.4 Å². The summed E-state index contributed by atoms with van der Waals surface area (Å²) in [5.41, 5.74) is 4.15. The summed E-state index contributed by atoms with van der Waals surface area (Å²) in [7, 11) is 0. The smallest absolute Gasteiger partial charge is 0.408 e. The first-order valence-electron chi connectivity index (χ1n) is 20.4. The minimum absolute atomic E-state index is 0.00476. The van der Waals surface area contributed by atoms with E-state index in [1.165, 1.54) is 4.90 Å². The Kier molecular flexibility index (Phi) is 15.5. The zero-order chi connectivity index (χ0) is 42.8. The number of aliphatic hydroxyl groups excluding tert-OH is 1. The van der Waals surface area contributed by atoms with E-state index in [-0.39, 0.29) is 37.6 Å². The molecule has 59 heavy (non-hydrogen) atoms. The van der Waals surface area contributed by atoms with Crippen molar-refractivity contribution in [2.45, 2.75) is 116 Å². The fourth-order valence-electron chi connectivity index (χ4n) is 6.84. The highest BCUT2D eigenvalue weighted by atomic mass is 32.1. The van der Waals surface area contributed by atoms with E-state index in [1.807, 2.05) is 103 Å². The number of hydrogen-bond acceptors (Lipinski definition) is 11. The Bertz CT molecular complexity index is 1870. The van der Waals surface area contributed by atoms with Crippen molar-refractivity contribution in [1.82, 2.24) is 25.8 Å². The van der Waals surface area contributed by atoms with Crippen molar-refractivity contribution in [2.75, 3.05) is 39.6 Å². The topological polar surface area (TPSA) is 178 Å². The van der Waals surface area contributed by atoms with Crippen LogP contribution in [0.3, 0.4) is 0 Å². The molecular weight excluding hydrogens is 775 g/mol. The Morgan fingerprint density at radius 1 is 0.932 bits per heavy atom. The normalized spacial score (nSPS) is 17.9. The van der Waals surface area contributed by atoms with Gasteiger partial charge in [0.15, 0.2) is 0 Å². The Morgan fingerprint density at radius 2 is 1.59 bits per heavy atom. The molecule has 0 spiro atoms. The number of aromatic nitrogens is 1. The molecule has 2 fully saturated rings.